The van der Waals surface area contributed by atoms with E-state index in [9.17, 15) is 18.0 Å². The van der Waals surface area contributed by atoms with E-state index in [0.29, 0.717) is 30.9 Å². The van der Waals surface area contributed by atoms with E-state index < -0.39 is 29.2 Å². The third kappa shape index (κ3) is 3.15. The number of hydrogen-bond donors (Lipinski definition) is 2. The van der Waals surface area contributed by atoms with Crippen LogP contribution in [0.25, 0.3) is 0 Å². The highest BCUT2D eigenvalue weighted by Gasteiger charge is 2.30. The van der Waals surface area contributed by atoms with Crippen LogP contribution < -0.4 is 5.32 Å². The number of nitrogens with zero attached hydrogens (tertiary/aromatic N) is 2. The molecule has 0 unspecified atom stereocenters. The summed E-state index contributed by atoms with van der Waals surface area (Å²) >= 11 is 0. The predicted molar refractivity (Wildman–Crippen MR) is 77.2 cm³/mol. The number of carbonyl (C=O) groups is 1. The van der Waals surface area contributed by atoms with Gasteiger partial charge in [0.05, 0.1) is 6.04 Å². The molecule has 1 aliphatic heterocycles. The molecular weight excluding hydrogens is 309 g/mol. The number of likely N-dealkylation sites (tertiary alicyclic amines) is 1. The number of aromatic nitrogens is 2. The van der Waals surface area contributed by atoms with E-state index in [4.69, 9.17) is 0 Å². The number of aromatic amines is 1. The third-order valence-electron chi connectivity index (χ3n) is 3.84. The number of hydrogen-bond acceptors (Lipinski definition) is 2. The first kappa shape index (κ1) is 15.4. The van der Waals surface area contributed by atoms with Crippen LogP contribution in [0.3, 0.4) is 0 Å². The van der Waals surface area contributed by atoms with Gasteiger partial charge in [-0.05, 0) is 19.3 Å². The molecule has 1 fully saturated rings. The first-order valence-corrected chi connectivity index (χ1v) is 7.27. The Kier molecular flexibility index (Phi) is 4.22. The van der Waals surface area contributed by atoms with Crippen LogP contribution in [0.2, 0.25) is 0 Å². The van der Waals surface area contributed by atoms with Gasteiger partial charge in [0.1, 0.15) is 17.3 Å². The summed E-state index contributed by atoms with van der Waals surface area (Å²) in [5, 5.41) is 2.20. The number of carbonyl (C=O) groups excluding carboxylic acids is 1. The Morgan fingerprint density at radius 1 is 1.26 bits per heavy atom. The average molecular weight is 324 g/mol. The zero-order valence-corrected chi connectivity index (χ0v) is 12.2. The van der Waals surface area contributed by atoms with E-state index in [1.807, 2.05) is 0 Å². The molecule has 1 aliphatic rings. The van der Waals surface area contributed by atoms with Crippen LogP contribution in [-0.2, 0) is 0 Å². The maximum absolute atomic E-state index is 13.7. The molecule has 1 aromatic carbocycles. The Morgan fingerprint density at radius 2 is 2.00 bits per heavy atom. The van der Waals surface area contributed by atoms with E-state index in [1.165, 1.54) is 4.90 Å². The number of nitrogens with one attached hydrogen (secondary N) is 2. The van der Waals surface area contributed by atoms with E-state index in [0.717, 1.165) is 12.8 Å². The Labute approximate surface area is 130 Å². The molecule has 23 heavy (non-hydrogen) atoms. The number of rotatable bonds is 2. The number of halogens is 3. The largest absolute Gasteiger partial charge is 0.347 e. The summed E-state index contributed by atoms with van der Waals surface area (Å²) in [5.74, 6) is -2.71. The molecule has 1 atom stereocenters. The molecule has 0 aliphatic carbocycles. The molecule has 2 N–H and O–H groups in total. The van der Waals surface area contributed by atoms with E-state index in [2.05, 4.69) is 15.3 Å². The lowest BCUT2D eigenvalue weighted by atomic mass is 10.0. The highest BCUT2D eigenvalue weighted by Crippen LogP contribution is 2.30. The summed E-state index contributed by atoms with van der Waals surface area (Å²) in [7, 11) is 0. The second-order valence-corrected chi connectivity index (χ2v) is 5.35. The molecule has 0 radical (unpaired) electrons. The van der Waals surface area contributed by atoms with Crippen LogP contribution >= 0.6 is 0 Å². The standard InChI is InChI=1S/C15H15F3N4O/c16-9-7-10(17)13(11(18)8-9)21-15(23)22-6-2-1-3-12(22)14-19-4-5-20-14/h4-5,7-8,12H,1-3,6H2,(H,19,20)(H,21,23)/t12-/m1/s1. The first-order chi connectivity index (χ1) is 11.1. The number of imidazole rings is 1. The molecule has 0 saturated carbocycles. The Morgan fingerprint density at radius 3 is 2.65 bits per heavy atom. The number of urea groups is 1. The number of amides is 2. The lowest BCUT2D eigenvalue weighted by Crippen LogP contribution is -2.41. The van der Waals surface area contributed by atoms with Crippen molar-refractivity contribution in [2.75, 3.05) is 11.9 Å². The van der Waals surface area contributed by atoms with Gasteiger partial charge in [-0.2, -0.15) is 0 Å². The minimum absolute atomic E-state index is 0.287. The normalized spacial score (nSPS) is 18.0. The summed E-state index contributed by atoms with van der Waals surface area (Å²) in [5.41, 5.74) is -0.653. The van der Waals surface area contributed by atoms with Gasteiger partial charge in [0, 0.05) is 31.1 Å². The summed E-state index contributed by atoms with van der Waals surface area (Å²) in [6.07, 6.45) is 5.65. The fraction of sp³-hybridized carbons (Fsp3) is 0.333. The topological polar surface area (TPSA) is 61.0 Å². The van der Waals surface area contributed by atoms with Crippen molar-refractivity contribution in [1.82, 2.24) is 14.9 Å². The van der Waals surface area contributed by atoms with Gasteiger partial charge in [-0.3, -0.25) is 0 Å². The summed E-state index contributed by atoms with van der Waals surface area (Å²) in [6.45, 7) is 0.446. The monoisotopic (exact) mass is 324 g/mol. The molecule has 1 aromatic heterocycles. The number of piperidine rings is 1. The van der Waals surface area contributed by atoms with E-state index in [1.54, 1.807) is 12.4 Å². The highest BCUT2D eigenvalue weighted by molar-refractivity contribution is 5.90. The van der Waals surface area contributed by atoms with Crippen LogP contribution in [0, 0.1) is 17.5 Å². The second-order valence-electron chi connectivity index (χ2n) is 5.35. The van der Waals surface area contributed by atoms with Gasteiger partial charge in [-0.25, -0.2) is 22.9 Å². The molecule has 3 rings (SSSR count). The van der Waals surface area contributed by atoms with Crippen molar-refractivity contribution < 1.29 is 18.0 Å². The molecule has 2 aromatic rings. The highest BCUT2D eigenvalue weighted by atomic mass is 19.1. The Hall–Kier alpha value is -2.51. The maximum Gasteiger partial charge on any atom is 0.322 e. The second kappa shape index (κ2) is 6.31. The summed E-state index contributed by atoms with van der Waals surface area (Å²) < 4.78 is 40.3. The van der Waals surface area contributed by atoms with Crippen LogP contribution in [0.1, 0.15) is 31.1 Å². The molecule has 5 nitrogen and oxygen atoms in total. The molecule has 8 heteroatoms. The summed E-state index contributed by atoms with van der Waals surface area (Å²) in [6, 6.07) is 0.124. The molecule has 2 amide bonds. The van der Waals surface area contributed by atoms with Crippen molar-refractivity contribution >= 4 is 11.7 Å². The lowest BCUT2D eigenvalue weighted by Gasteiger charge is -2.34. The van der Waals surface area contributed by atoms with Crippen LogP contribution in [0.4, 0.5) is 23.7 Å². The molecule has 0 spiro atoms. The van der Waals surface area contributed by atoms with Crippen molar-refractivity contribution in [2.45, 2.75) is 25.3 Å². The van der Waals surface area contributed by atoms with Gasteiger partial charge < -0.3 is 15.2 Å². The lowest BCUT2D eigenvalue weighted by molar-refractivity contribution is 0.159. The van der Waals surface area contributed by atoms with Crippen LogP contribution in [0.15, 0.2) is 24.5 Å². The van der Waals surface area contributed by atoms with Crippen LogP contribution in [0.5, 0.6) is 0 Å². The Bertz CT molecular complexity index is 682. The Balaban J connectivity index is 1.82. The minimum atomic E-state index is -1.15. The fourth-order valence-electron chi connectivity index (χ4n) is 2.76. The van der Waals surface area contributed by atoms with Crippen molar-refractivity contribution in [1.29, 1.82) is 0 Å². The van der Waals surface area contributed by atoms with Gasteiger partial charge in [0.25, 0.3) is 0 Å². The fourth-order valence-corrected chi connectivity index (χ4v) is 2.76. The smallest absolute Gasteiger partial charge is 0.322 e. The van der Waals surface area contributed by atoms with Crippen LogP contribution in [-0.4, -0.2) is 27.4 Å². The SMILES string of the molecule is O=C(Nc1c(F)cc(F)cc1F)N1CCCC[C@@H]1c1ncc[nH]1. The van der Waals surface area contributed by atoms with E-state index >= 15 is 0 Å². The number of benzene rings is 1. The number of H-pyrrole nitrogens is 1. The van der Waals surface area contributed by atoms with Crippen molar-refractivity contribution in [3.63, 3.8) is 0 Å². The van der Waals surface area contributed by atoms with Crippen molar-refractivity contribution in [2.24, 2.45) is 0 Å². The average Bonchev–Trinajstić information content (AvgIpc) is 3.05. The van der Waals surface area contributed by atoms with Gasteiger partial charge in [-0.1, -0.05) is 0 Å². The molecule has 0 bridgehead atoms. The number of anilines is 1. The van der Waals surface area contributed by atoms with Crippen molar-refractivity contribution in [3.8, 4) is 0 Å². The predicted octanol–water partition coefficient (Wildman–Crippen LogP) is 3.59. The van der Waals surface area contributed by atoms with Gasteiger partial charge in [0.15, 0.2) is 11.6 Å². The third-order valence-corrected chi connectivity index (χ3v) is 3.84. The quantitative estimate of drug-likeness (QED) is 0.887. The van der Waals surface area contributed by atoms with E-state index in [-0.39, 0.29) is 6.04 Å². The molecular formula is C15H15F3N4O. The van der Waals surface area contributed by atoms with Gasteiger partial charge in [-0.15, -0.1) is 0 Å². The zero-order valence-electron chi connectivity index (χ0n) is 12.2. The molecule has 2 heterocycles. The maximum atomic E-state index is 13.7. The molecule has 1 saturated heterocycles. The summed E-state index contributed by atoms with van der Waals surface area (Å²) in [4.78, 5) is 21.0. The van der Waals surface area contributed by atoms with Gasteiger partial charge >= 0.3 is 6.03 Å². The zero-order chi connectivity index (χ0) is 16.4. The van der Waals surface area contributed by atoms with Crippen molar-refractivity contribution in [3.05, 3.63) is 47.8 Å². The minimum Gasteiger partial charge on any atom is -0.347 e. The van der Waals surface area contributed by atoms with Gasteiger partial charge in [0.2, 0.25) is 0 Å². The first-order valence-electron chi connectivity index (χ1n) is 7.27. The molecule has 122 valence electrons.